The Morgan fingerprint density at radius 1 is 1.32 bits per heavy atom. The fraction of sp³-hybridized carbons (Fsp3) is 0.333. The van der Waals surface area contributed by atoms with Crippen LogP contribution in [0.3, 0.4) is 0 Å². The van der Waals surface area contributed by atoms with Crippen molar-refractivity contribution in [1.82, 2.24) is 9.97 Å². The fourth-order valence-electron chi connectivity index (χ4n) is 1.59. The zero-order chi connectivity index (χ0) is 14.0. The van der Waals surface area contributed by atoms with E-state index >= 15 is 0 Å². The van der Waals surface area contributed by atoms with Gasteiger partial charge in [0, 0.05) is 6.20 Å². The fourth-order valence-corrected chi connectivity index (χ4v) is 1.59. The number of anilines is 1. The lowest BCUT2D eigenvalue weighted by atomic mass is 10.2. The van der Waals surface area contributed by atoms with Gasteiger partial charge in [0.05, 0.1) is 11.8 Å². The zero-order valence-electron chi connectivity index (χ0n) is 10.3. The minimum absolute atomic E-state index is 0.238. The summed E-state index contributed by atoms with van der Waals surface area (Å²) in [6.07, 6.45) is -1.65. The Morgan fingerprint density at radius 2 is 2.05 bits per heavy atom. The highest BCUT2D eigenvalue weighted by molar-refractivity contribution is 5.46. The third-order valence-electron chi connectivity index (χ3n) is 2.48. The lowest BCUT2D eigenvalue weighted by Gasteiger charge is -2.16. The maximum absolute atomic E-state index is 12.8. The summed E-state index contributed by atoms with van der Waals surface area (Å²) in [6, 6.07) is 1.71. The van der Waals surface area contributed by atoms with Crippen LogP contribution >= 0.6 is 0 Å². The summed E-state index contributed by atoms with van der Waals surface area (Å²) in [5.74, 6) is 0.676. The normalized spacial score (nSPS) is 13.3. The van der Waals surface area contributed by atoms with Gasteiger partial charge in [-0.15, -0.1) is 0 Å². The third kappa shape index (κ3) is 3.04. The molecule has 2 aromatic heterocycles. The largest absolute Gasteiger partial charge is 0.444 e. The molecule has 1 atom stereocenters. The molecule has 0 amide bonds. The number of aromatic nitrogens is 2. The van der Waals surface area contributed by atoms with Crippen LogP contribution in [0.15, 0.2) is 28.9 Å². The predicted octanol–water partition coefficient (Wildman–Crippen LogP) is 3.57. The first-order valence-electron chi connectivity index (χ1n) is 5.59. The first-order valence-corrected chi connectivity index (χ1v) is 5.59. The summed E-state index contributed by atoms with van der Waals surface area (Å²) in [7, 11) is 0. The van der Waals surface area contributed by atoms with Crippen LogP contribution in [0.1, 0.15) is 30.2 Å². The maximum atomic E-state index is 12.8. The average Bonchev–Trinajstić information content (AvgIpc) is 2.75. The molecule has 0 saturated heterocycles. The number of aryl methyl sites for hydroxylation is 1. The molecule has 0 aromatic carbocycles. The molecule has 2 heterocycles. The van der Waals surface area contributed by atoms with Gasteiger partial charge in [-0.25, -0.2) is 9.97 Å². The Labute approximate surface area is 107 Å². The van der Waals surface area contributed by atoms with Gasteiger partial charge >= 0.3 is 6.18 Å². The second-order valence-electron chi connectivity index (χ2n) is 4.07. The van der Waals surface area contributed by atoms with E-state index in [2.05, 4.69) is 15.3 Å². The van der Waals surface area contributed by atoms with Crippen molar-refractivity contribution in [2.45, 2.75) is 26.1 Å². The summed E-state index contributed by atoms with van der Waals surface area (Å²) < 4.78 is 43.6. The van der Waals surface area contributed by atoms with Crippen molar-refractivity contribution in [3.8, 4) is 0 Å². The smallest absolute Gasteiger partial charge is 0.419 e. The molecular formula is C12H12F3N3O. The molecule has 7 heteroatoms. The van der Waals surface area contributed by atoms with Gasteiger partial charge in [0.1, 0.15) is 17.6 Å². The number of hydrogen-bond acceptors (Lipinski definition) is 4. The number of pyridine rings is 1. The molecule has 1 N–H and O–H groups in total. The minimum Gasteiger partial charge on any atom is -0.444 e. The zero-order valence-corrected chi connectivity index (χ0v) is 10.3. The molecule has 0 aliphatic rings. The number of nitrogens with one attached hydrogen (secondary N) is 1. The second-order valence-corrected chi connectivity index (χ2v) is 4.07. The van der Waals surface area contributed by atoms with Gasteiger partial charge in [-0.2, -0.15) is 13.2 Å². The van der Waals surface area contributed by atoms with Crippen molar-refractivity contribution in [3.05, 3.63) is 41.7 Å². The van der Waals surface area contributed by atoms with Crippen LogP contribution in [0.4, 0.5) is 19.0 Å². The van der Waals surface area contributed by atoms with Crippen LogP contribution in [-0.2, 0) is 6.18 Å². The van der Waals surface area contributed by atoms with Crippen molar-refractivity contribution >= 4 is 5.82 Å². The molecule has 102 valence electrons. The monoisotopic (exact) mass is 271 g/mol. The summed E-state index contributed by atoms with van der Waals surface area (Å²) in [6.45, 7) is 3.37. The van der Waals surface area contributed by atoms with E-state index in [1.165, 1.54) is 18.5 Å². The van der Waals surface area contributed by atoms with Crippen molar-refractivity contribution in [1.29, 1.82) is 0 Å². The standard InChI is InChI=1S/C12H12F3N3O/c1-7-6-17-11(19-7)8(2)18-10-9(12(13,14)15)4-3-5-16-10/h3-6,8H,1-2H3,(H,16,18). The van der Waals surface area contributed by atoms with Gasteiger partial charge in [0.25, 0.3) is 0 Å². The number of oxazole rings is 1. The Hall–Kier alpha value is -2.05. The maximum Gasteiger partial charge on any atom is 0.419 e. The van der Waals surface area contributed by atoms with Gasteiger partial charge in [-0.1, -0.05) is 0 Å². The molecule has 0 aliphatic heterocycles. The SMILES string of the molecule is Cc1cnc(C(C)Nc2ncccc2C(F)(F)F)o1. The highest BCUT2D eigenvalue weighted by Crippen LogP contribution is 2.34. The van der Waals surface area contributed by atoms with Crippen LogP contribution in [0.2, 0.25) is 0 Å². The lowest BCUT2D eigenvalue weighted by Crippen LogP contribution is -2.15. The average molecular weight is 271 g/mol. The Morgan fingerprint density at radius 3 is 2.63 bits per heavy atom. The molecule has 19 heavy (non-hydrogen) atoms. The Kier molecular flexibility index (Phi) is 3.46. The van der Waals surface area contributed by atoms with Crippen molar-refractivity contribution < 1.29 is 17.6 Å². The predicted molar refractivity (Wildman–Crippen MR) is 62.5 cm³/mol. The number of rotatable bonds is 3. The molecule has 0 fully saturated rings. The second kappa shape index (κ2) is 4.91. The van der Waals surface area contributed by atoms with E-state index in [9.17, 15) is 13.2 Å². The first-order chi connectivity index (χ1) is 8.88. The molecule has 2 aromatic rings. The van der Waals surface area contributed by atoms with Gasteiger partial charge in [0.15, 0.2) is 0 Å². The highest BCUT2D eigenvalue weighted by atomic mass is 19.4. The molecule has 0 aliphatic carbocycles. The summed E-state index contributed by atoms with van der Waals surface area (Å²) >= 11 is 0. The Bertz CT molecular complexity index is 565. The molecule has 0 bridgehead atoms. The Balaban J connectivity index is 2.24. The number of nitrogens with zero attached hydrogens (tertiary/aromatic N) is 2. The minimum atomic E-state index is -4.46. The van der Waals surface area contributed by atoms with Crippen molar-refractivity contribution in [2.75, 3.05) is 5.32 Å². The van der Waals surface area contributed by atoms with Gasteiger partial charge in [-0.05, 0) is 26.0 Å². The van der Waals surface area contributed by atoms with E-state index in [0.717, 1.165) is 6.07 Å². The van der Waals surface area contributed by atoms with Gasteiger partial charge < -0.3 is 9.73 Å². The van der Waals surface area contributed by atoms with Crippen molar-refractivity contribution in [2.24, 2.45) is 0 Å². The molecule has 2 rings (SSSR count). The molecular weight excluding hydrogens is 259 g/mol. The van der Waals surface area contributed by atoms with Crippen LogP contribution in [-0.4, -0.2) is 9.97 Å². The van der Waals surface area contributed by atoms with E-state index < -0.39 is 17.8 Å². The van der Waals surface area contributed by atoms with Crippen LogP contribution in [0.5, 0.6) is 0 Å². The van der Waals surface area contributed by atoms with E-state index in [-0.39, 0.29) is 5.82 Å². The molecule has 0 radical (unpaired) electrons. The van der Waals surface area contributed by atoms with E-state index in [1.807, 2.05) is 0 Å². The topological polar surface area (TPSA) is 51.0 Å². The first kappa shape index (κ1) is 13.4. The van der Waals surface area contributed by atoms with Crippen molar-refractivity contribution in [3.63, 3.8) is 0 Å². The van der Waals surface area contributed by atoms with Crippen LogP contribution < -0.4 is 5.32 Å². The summed E-state index contributed by atoms with van der Waals surface area (Å²) in [4.78, 5) is 7.68. The number of halogens is 3. The third-order valence-corrected chi connectivity index (χ3v) is 2.48. The molecule has 0 spiro atoms. The van der Waals surface area contributed by atoms with Crippen LogP contribution in [0.25, 0.3) is 0 Å². The lowest BCUT2D eigenvalue weighted by molar-refractivity contribution is -0.137. The summed E-state index contributed by atoms with van der Waals surface area (Å²) in [5.41, 5.74) is -0.815. The molecule has 4 nitrogen and oxygen atoms in total. The number of alkyl halides is 3. The summed E-state index contributed by atoms with van der Waals surface area (Å²) in [5, 5.41) is 2.66. The van der Waals surface area contributed by atoms with E-state index in [0.29, 0.717) is 11.7 Å². The molecule has 0 saturated carbocycles. The van der Waals surface area contributed by atoms with Crippen LogP contribution in [0, 0.1) is 6.92 Å². The van der Waals surface area contributed by atoms with E-state index in [1.54, 1.807) is 13.8 Å². The quantitative estimate of drug-likeness (QED) is 0.927. The number of hydrogen-bond donors (Lipinski definition) is 1. The molecule has 1 unspecified atom stereocenters. The van der Waals surface area contributed by atoms with Gasteiger partial charge in [-0.3, -0.25) is 0 Å². The highest BCUT2D eigenvalue weighted by Gasteiger charge is 2.34. The van der Waals surface area contributed by atoms with E-state index in [4.69, 9.17) is 4.42 Å². The van der Waals surface area contributed by atoms with Gasteiger partial charge in [0.2, 0.25) is 5.89 Å².